The van der Waals surface area contributed by atoms with Gasteiger partial charge < -0.3 is 10.5 Å². The first-order valence-corrected chi connectivity index (χ1v) is 6.97. The second-order valence-electron chi connectivity index (χ2n) is 5.25. The molecule has 1 aromatic rings. The van der Waals surface area contributed by atoms with Gasteiger partial charge in [0.15, 0.2) is 0 Å². The summed E-state index contributed by atoms with van der Waals surface area (Å²) in [5.74, 6) is 1.53. The highest BCUT2D eigenvalue weighted by Crippen LogP contribution is 2.10. The van der Waals surface area contributed by atoms with Crippen molar-refractivity contribution >= 4 is 17.2 Å². The van der Waals surface area contributed by atoms with E-state index in [-0.39, 0.29) is 6.10 Å². The van der Waals surface area contributed by atoms with Gasteiger partial charge in [-0.15, -0.1) is 0 Å². The summed E-state index contributed by atoms with van der Waals surface area (Å²) in [7, 11) is 0. The van der Waals surface area contributed by atoms with Crippen LogP contribution in [0.3, 0.4) is 0 Å². The fourth-order valence-corrected chi connectivity index (χ4v) is 2.27. The lowest BCUT2D eigenvalue weighted by molar-refractivity contribution is 0.00242. The van der Waals surface area contributed by atoms with Crippen LogP contribution in [0.25, 0.3) is 0 Å². The maximum Gasteiger partial charge on any atom is 0.141 e. The molecule has 0 aromatic carbocycles. The molecule has 1 saturated heterocycles. The zero-order chi connectivity index (χ0) is 13.8. The Morgan fingerprint density at radius 1 is 1.63 bits per heavy atom. The first kappa shape index (κ1) is 14.4. The maximum absolute atomic E-state index is 5.65. The van der Waals surface area contributed by atoms with E-state index in [4.69, 9.17) is 22.7 Å². The second kappa shape index (κ2) is 6.40. The molecule has 0 saturated carbocycles. The zero-order valence-corrected chi connectivity index (χ0v) is 12.3. The lowest BCUT2D eigenvalue weighted by Gasteiger charge is -2.31. The number of morpholine rings is 1. The summed E-state index contributed by atoms with van der Waals surface area (Å²) in [4.78, 5) is 7.02. The van der Waals surface area contributed by atoms with E-state index < -0.39 is 0 Å². The van der Waals surface area contributed by atoms with Crippen LogP contribution >= 0.6 is 12.2 Å². The normalized spacial score (nSPS) is 20.9. The van der Waals surface area contributed by atoms with E-state index in [1.165, 1.54) is 0 Å². The van der Waals surface area contributed by atoms with Gasteiger partial charge in [-0.1, -0.05) is 26.1 Å². The summed E-state index contributed by atoms with van der Waals surface area (Å²) in [6.07, 6.45) is 1.47. The van der Waals surface area contributed by atoms with Crippen molar-refractivity contribution in [3.8, 4) is 0 Å². The standard InChI is InChI=1S/C12H21N5OS/c1-9(2)5-17-11(14-8-15-17)7-16-3-4-18-10(6-16)12(13)19/h8-10H,3-7H2,1-2H3,(H2,13,19). The van der Waals surface area contributed by atoms with E-state index in [0.29, 0.717) is 17.5 Å². The molecule has 2 rings (SSSR count). The fraction of sp³-hybridized carbons (Fsp3) is 0.750. The third-order valence-electron chi connectivity index (χ3n) is 3.07. The van der Waals surface area contributed by atoms with E-state index >= 15 is 0 Å². The van der Waals surface area contributed by atoms with Crippen LogP contribution < -0.4 is 5.73 Å². The fourth-order valence-electron chi connectivity index (χ4n) is 2.13. The van der Waals surface area contributed by atoms with Crippen molar-refractivity contribution in [2.75, 3.05) is 19.7 Å². The Morgan fingerprint density at radius 2 is 2.42 bits per heavy atom. The first-order chi connectivity index (χ1) is 9.06. The van der Waals surface area contributed by atoms with Gasteiger partial charge in [0.05, 0.1) is 13.2 Å². The van der Waals surface area contributed by atoms with Crippen molar-refractivity contribution in [2.24, 2.45) is 11.7 Å². The topological polar surface area (TPSA) is 69.2 Å². The molecule has 1 aliphatic rings. The summed E-state index contributed by atoms with van der Waals surface area (Å²) in [5, 5.41) is 4.27. The Hall–Kier alpha value is -1.05. The SMILES string of the molecule is CC(C)Cn1ncnc1CN1CCOC(C(N)=S)C1. The summed E-state index contributed by atoms with van der Waals surface area (Å²) in [6.45, 7) is 8.23. The minimum atomic E-state index is -0.148. The molecule has 0 aliphatic carbocycles. The molecule has 106 valence electrons. The van der Waals surface area contributed by atoms with Crippen molar-refractivity contribution < 1.29 is 4.74 Å². The van der Waals surface area contributed by atoms with E-state index in [2.05, 4.69) is 28.8 Å². The van der Waals surface area contributed by atoms with Crippen molar-refractivity contribution in [3.63, 3.8) is 0 Å². The zero-order valence-electron chi connectivity index (χ0n) is 11.5. The maximum atomic E-state index is 5.65. The van der Waals surface area contributed by atoms with Crippen LogP contribution in [-0.4, -0.2) is 50.5 Å². The molecule has 1 unspecified atom stereocenters. The average molecular weight is 283 g/mol. The van der Waals surface area contributed by atoms with Crippen LogP contribution in [0.5, 0.6) is 0 Å². The van der Waals surface area contributed by atoms with Crippen LogP contribution in [0.2, 0.25) is 0 Å². The highest BCUT2D eigenvalue weighted by molar-refractivity contribution is 7.80. The van der Waals surface area contributed by atoms with Gasteiger partial charge in [0.2, 0.25) is 0 Å². The molecule has 0 radical (unpaired) electrons. The van der Waals surface area contributed by atoms with Crippen LogP contribution in [0.4, 0.5) is 0 Å². The van der Waals surface area contributed by atoms with Crippen molar-refractivity contribution in [3.05, 3.63) is 12.2 Å². The van der Waals surface area contributed by atoms with Gasteiger partial charge in [0, 0.05) is 19.6 Å². The van der Waals surface area contributed by atoms with E-state index in [1.54, 1.807) is 6.33 Å². The number of rotatable bonds is 5. The molecule has 0 amide bonds. The Labute approximate surface area is 118 Å². The van der Waals surface area contributed by atoms with Crippen molar-refractivity contribution in [1.29, 1.82) is 0 Å². The average Bonchev–Trinajstić information content (AvgIpc) is 2.76. The van der Waals surface area contributed by atoms with Crippen LogP contribution in [-0.2, 0) is 17.8 Å². The van der Waals surface area contributed by atoms with E-state index in [1.807, 2.05) is 4.68 Å². The number of hydrogen-bond donors (Lipinski definition) is 1. The number of hydrogen-bond acceptors (Lipinski definition) is 5. The summed E-state index contributed by atoms with van der Waals surface area (Å²) >= 11 is 4.99. The number of nitrogens with two attached hydrogens (primary N) is 1. The van der Waals surface area contributed by atoms with E-state index in [0.717, 1.165) is 32.0 Å². The van der Waals surface area contributed by atoms with Gasteiger partial charge in [-0.05, 0) is 5.92 Å². The third-order valence-corrected chi connectivity index (χ3v) is 3.33. The molecule has 1 aliphatic heterocycles. The monoisotopic (exact) mass is 283 g/mol. The van der Waals surface area contributed by atoms with Crippen molar-refractivity contribution in [2.45, 2.75) is 33.0 Å². The Balaban J connectivity index is 1.97. The lowest BCUT2D eigenvalue weighted by atomic mass is 10.2. The van der Waals surface area contributed by atoms with Crippen LogP contribution in [0.15, 0.2) is 6.33 Å². The molecule has 1 atom stereocenters. The van der Waals surface area contributed by atoms with E-state index in [9.17, 15) is 0 Å². The van der Waals surface area contributed by atoms with Gasteiger partial charge in [0.1, 0.15) is 23.2 Å². The molecule has 0 spiro atoms. The summed E-state index contributed by atoms with van der Waals surface area (Å²) in [6, 6.07) is 0. The number of ether oxygens (including phenoxy) is 1. The molecular weight excluding hydrogens is 262 g/mol. The van der Waals surface area contributed by atoms with Crippen LogP contribution in [0.1, 0.15) is 19.7 Å². The largest absolute Gasteiger partial charge is 0.391 e. The predicted octanol–water partition coefficient (Wildman–Crippen LogP) is 0.421. The molecule has 2 N–H and O–H groups in total. The Bertz CT molecular complexity index is 434. The molecule has 6 nitrogen and oxygen atoms in total. The number of thiocarbonyl (C=S) groups is 1. The number of aromatic nitrogens is 3. The second-order valence-corrected chi connectivity index (χ2v) is 5.72. The number of nitrogens with zero attached hydrogens (tertiary/aromatic N) is 4. The third kappa shape index (κ3) is 3.95. The smallest absolute Gasteiger partial charge is 0.141 e. The predicted molar refractivity (Wildman–Crippen MR) is 76.7 cm³/mol. The van der Waals surface area contributed by atoms with Gasteiger partial charge >= 0.3 is 0 Å². The molecule has 1 fully saturated rings. The minimum Gasteiger partial charge on any atom is -0.391 e. The van der Waals surface area contributed by atoms with Gasteiger partial charge in [0.25, 0.3) is 0 Å². The Kier molecular flexibility index (Phi) is 4.84. The first-order valence-electron chi connectivity index (χ1n) is 6.56. The minimum absolute atomic E-state index is 0.148. The van der Waals surface area contributed by atoms with Crippen LogP contribution in [0, 0.1) is 5.92 Å². The van der Waals surface area contributed by atoms with Gasteiger partial charge in [-0.3, -0.25) is 4.90 Å². The van der Waals surface area contributed by atoms with Gasteiger partial charge in [-0.25, -0.2) is 9.67 Å². The summed E-state index contributed by atoms with van der Waals surface area (Å²) in [5.41, 5.74) is 5.65. The quantitative estimate of drug-likeness (QED) is 0.790. The molecular formula is C12H21N5OS. The molecule has 7 heteroatoms. The highest BCUT2D eigenvalue weighted by Gasteiger charge is 2.23. The van der Waals surface area contributed by atoms with Crippen molar-refractivity contribution in [1.82, 2.24) is 19.7 Å². The Morgan fingerprint density at radius 3 is 3.11 bits per heavy atom. The molecule has 1 aromatic heterocycles. The van der Waals surface area contributed by atoms with Gasteiger partial charge in [-0.2, -0.15) is 5.10 Å². The lowest BCUT2D eigenvalue weighted by Crippen LogP contribution is -2.47. The summed E-state index contributed by atoms with van der Waals surface area (Å²) < 4.78 is 7.50. The molecule has 19 heavy (non-hydrogen) atoms. The highest BCUT2D eigenvalue weighted by atomic mass is 32.1. The molecule has 2 heterocycles. The molecule has 0 bridgehead atoms.